The second kappa shape index (κ2) is 10.5. The molecule has 0 bridgehead atoms. The molecule has 0 saturated heterocycles. The van der Waals surface area contributed by atoms with E-state index in [0.717, 1.165) is 33.8 Å². The number of nitrogens with one attached hydrogen (secondary N) is 2. The molecule has 1 heterocycles. The van der Waals surface area contributed by atoms with Crippen LogP contribution in [0.5, 0.6) is 23.0 Å². The van der Waals surface area contributed by atoms with Gasteiger partial charge in [-0.3, -0.25) is 4.79 Å². The molecule has 0 fully saturated rings. The first kappa shape index (κ1) is 24.6. The number of fused-ring (bicyclic) bond motifs is 1. The van der Waals surface area contributed by atoms with Crippen LogP contribution in [0, 0.1) is 0 Å². The number of carbonyl (C=O) groups is 1. The van der Waals surface area contributed by atoms with Gasteiger partial charge in [0, 0.05) is 17.7 Å². The molecule has 5 rings (SSSR count). The predicted octanol–water partition coefficient (Wildman–Crippen LogP) is 6.09. The number of para-hydroxylation sites is 2. The Bertz CT molecular complexity index is 1350. The first-order valence-corrected chi connectivity index (χ1v) is 12.5. The highest BCUT2D eigenvalue weighted by molar-refractivity contribution is 6.01. The molecule has 0 aromatic heterocycles. The number of methoxy groups -OCH3 is 3. The van der Waals surface area contributed by atoms with Crippen LogP contribution < -0.4 is 29.6 Å². The van der Waals surface area contributed by atoms with Crippen molar-refractivity contribution in [3.05, 3.63) is 83.1 Å². The zero-order chi connectivity index (χ0) is 25.9. The van der Waals surface area contributed by atoms with E-state index in [9.17, 15) is 4.79 Å². The molecule has 1 aliphatic carbocycles. The molecule has 2 atom stereocenters. The van der Waals surface area contributed by atoms with E-state index in [2.05, 4.69) is 10.6 Å². The molecular weight excluding hydrogens is 468 g/mol. The number of Topliss-reactive ketones (excluding diaryl/α,β-unsaturated/α-hetero) is 1. The number of allylic oxidation sites excluding steroid dienone is 1. The van der Waals surface area contributed by atoms with Gasteiger partial charge in [-0.05, 0) is 66.8 Å². The third-order valence-corrected chi connectivity index (χ3v) is 7.01. The highest BCUT2D eigenvalue weighted by atomic mass is 16.5. The first-order chi connectivity index (χ1) is 18.1. The topological polar surface area (TPSA) is 78.1 Å². The number of ketones is 1. The maximum absolute atomic E-state index is 13.9. The summed E-state index contributed by atoms with van der Waals surface area (Å²) in [6, 6.07) is 19.4. The number of ether oxygens (including phenoxy) is 4. The van der Waals surface area contributed by atoms with Gasteiger partial charge < -0.3 is 29.6 Å². The van der Waals surface area contributed by atoms with Crippen LogP contribution in [0.2, 0.25) is 0 Å². The van der Waals surface area contributed by atoms with Crippen LogP contribution in [-0.4, -0.2) is 33.7 Å². The van der Waals surface area contributed by atoms with Crippen molar-refractivity contribution in [1.82, 2.24) is 0 Å². The van der Waals surface area contributed by atoms with Gasteiger partial charge in [0.1, 0.15) is 0 Å². The quantitative estimate of drug-likeness (QED) is 0.406. The van der Waals surface area contributed by atoms with Crippen molar-refractivity contribution in [1.29, 1.82) is 0 Å². The van der Waals surface area contributed by atoms with Gasteiger partial charge in [0.15, 0.2) is 28.8 Å². The lowest BCUT2D eigenvalue weighted by Crippen LogP contribution is -2.27. The molecule has 3 aromatic carbocycles. The van der Waals surface area contributed by atoms with Crippen molar-refractivity contribution in [3.8, 4) is 23.0 Å². The molecule has 2 N–H and O–H groups in total. The SMILES string of the molecule is CCOc1ccc(C2CC(=O)C3=C(C2)Nc2ccccc2NC3c2ccc(OC)c(OC)c2)cc1OC. The van der Waals surface area contributed by atoms with Crippen LogP contribution >= 0.6 is 0 Å². The molecule has 1 aliphatic heterocycles. The number of rotatable bonds is 7. The molecule has 7 heteroatoms. The Kier molecular flexibility index (Phi) is 6.95. The highest BCUT2D eigenvalue weighted by Crippen LogP contribution is 2.46. The maximum atomic E-state index is 13.9. The molecule has 3 aromatic rings. The van der Waals surface area contributed by atoms with E-state index in [1.807, 2.05) is 67.6 Å². The number of hydrogen-bond donors (Lipinski definition) is 2. The molecule has 0 radical (unpaired) electrons. The van der Waals surface area contributed by atoms with Crippen molar-refractivity contribution in [2.24, 2.45) is 0 Å². The van der Waals surface area contributed by atoms with Crippen molar-refractivity contribution in [3.63, 3.8) is 0 Å². The summed E-state index contributed by atoms with van der Waals surface area (Å²) in [5.41, 5.74) is 5.52. The normalized spacial score (nSPS) is 18.5. The van der Waals surface area contributed by atoms with Gasteiger partial charge in [0.25, 0.3) is 0 Å². The summed E-state index contributed by atoms with van der Waals surface area (Å²) in [5, 5.41) is 7.20. The number of carbonyl (C=O) groups excluding carboxylic acids is 1. The Morgan fingerprint density at radius 2 is 1.43 bits per heavy atom. The monoisotopic (exact) mass is 500 g/mol. The Balaban J connectivity index is 1.57. The standard InChI is InChI=1S/C30H32N2O5/c1-5-37-26-13-10-18(16-28(26)36-4)20-14-23-29(24(33)15-20)30(32-22-9-7-6-8-21(22)31-23)19-11-12-25(34-2)27(17-19)35-3/h6-13,16-17,20,30-32H,5,14-15H2,1-4H3. The molecule has 7 nitrogen and oxygen atoms in total. The fraction of sp³-hybridized carbons (Fsp3) is 0.300. The number of hydrogen-bond acceptors (Lipinski definition) is 7. The van der Waals surface area contributed by atoms with E-state index in [1.165, 1.54) is 0 Å². The van der Waals surface area contributed by atoms with E-state index >= 15 is 0 Å². The highest BCUT2D eigenvalue weighted by Gasteiger charge is 2.36. The zero-order valence-electron chi connectivity index (χ0n) is 21.6. The van der Waals surface area contributed by atoms with Crippen LogP contribution in [0.15, 0.2) is 71.9 Å². The van der Waals surface area contributed by atoms with Crippen molar-refractivity contribution in [2.75, 3.05) is 38.6 Å². The summed E-state index contributed by atoms with van der Waals surface area (Å²) in [6.45, 7) is 2.50. The van der Waals surface area contributed by atoms with E-state index in [1.54, 1.807) is 21.3 Å². The largest absolute Gasteiger partial charge is 0.493 e. The van der Waals surface area contributed by atoms with E-state index in [-0.39, 0.29) is 17.7 Å². The second-order valence-electron chi connectivity index (χ2n) is 9.13. The summed E-state index contributed by atoms with van der Waals surface area (Å²) >= 11 is 0. The lowest BCUT2D eigenvalue weighted by molar-refractivity contribution is -0.116. The molecule has 37 heavy (non-hydrogen) atoms. The summed E-state index contributed by atoms with van der Waals surface area (Å²) in [6.07, 6.45) is 1.09. The van der Waals surface area contributed by atoms with Crippen LogP contribution in [0.3, 0.4) is 0 Å². The van der Waals surface area contributed by atoms with Crippen LogP contribution in [0.25, 0.3) is 0 Å². The van der Waals surface area contributed by atoms with Gasteiger partial charge in [-0.2, -0.15) is 0 Å². The predicted molar refractivity (Wildman–Crippen MR) is 144 cm³/mol. The van der Waals surface area contributed by atoms with Crippen LogP contribution in [0.1, 0.15) is 42.9 Å². The smallest absolute Gasteiger partial charge is 0.163 e. The van der Waals surface area contributed by atoms with Crippen LogP contribution in [0.4, 0.5) is 11.4 Å². The molecule has 2 unspecified atom stereocenters. The lowest BCUT2D eigenvalue weighted by Gasteiger charge is -2.30. The average molecular weight is 501 g/mol. The van der Waals surface area contributed by atoms with Gasteiger partial charge in [0.05, 0.1) is 45.4 Å². The van der Waals surface area contributed by atoms with Gasteiger partial charge in [0.2, 0.25) is 0 Å². The lowest BCUT2D eigenvalue weighted by atomic mass is 9.78. The third kappa shape index (κ3) is 4.69. The van der Waals surface area contributed by atoms with E-state index < -0.39 is 0 Å². The Hall–Kier alpha value is -4.13. The van der Waals surface area contributed by atoms with Crippen molar-refractivity contribution >= 4 is 17.2 Å². The second-order valence-corrected chi connectivity index (χ2v) is 9.13. The van der Waals surface area contributed by atoms with Gasteiger partial charge in [-0.15, -0.1) is 0 Å². The summed E-state index contributed by atoms with van der Waals surface area (Å²) in [7, 11) is 4.87. The molecule has 192 valence electrons. The third-order valence-electron chi connectivity index (χ3n) is 7.01. The van der Waals surface area contributed by atoms with Crippen molar-refractivity contribution < 1.29 is 23.7 Å². The van der Waals surface area contributed by atoms with Gasteiger partial charge in [-0.1, -0.05) is 24.3 Å². The fourth-order valence-electron chi connectivity index (χ4n) is 5.22. The Labute approximate surface area is 217 Å². The molecule has 0 saturated carbocycles. The summed E-state index contributed by atoms with van der Waals surface area (Å²) in [4.78, 5) is 13.9. The minimum absolute atomic E-state index is 0.0136. The van der Waals surface area contributed by atoms with Crippen molar-refractivity contribution in [2.45, 2.75) is 31.7 Å². The van der Waals surface area contributed by atoms with Gasteiger partial charge >= 0.3 is 0 Å². The molecule has 0 spiro atoms. The average Bonchev–Trinajstić information content (AvgIpc) is 3.10. The minimum Gasteiger partial charge on any atom is -0.493 e. The van der Waals surface area contributed by atoms with E-state index in [0.29, 0.717) is 42.4 Å². The number of anilines is 2. The first-order valence-electron chi connectivity index (χ1n) is 12.5. The fourth-order valence-corrected chi connectivity index (χ4v) is 5.22. The van der Waals surface area contributed by atoms with Gasteiger partial charge in [-0.25, -0.2) is 0 Å². The molecular formula is C30H32N2O5. The van der Waals surface area contributed by atoms with E-state index in [4.69, 9.17) is 18.9 Å². The summed E-state index contributed by atoms with van der Waals surface area (Å²) in [5.74, 6) is 2.76. The Morgan fingerprint density at radius 1 is 0.784 bits per heavy atom. The molecule has 2 aliphatic rings. The zero-order valence-corrected chi connectivity index (χ0v) is 21.6. The molecule has 0 amide bonds. The summed E-state index contributed by atoms with van der Waals surface area (Å²) < 4.78 is 22.3. The number of benzene rings is 3. The minimum atomic E-state index is -0.339. The maximum Gasteiger partial charge on any atom is 0.163 e. The van der Waals surface area contributed by atoms with Crippen LogP contribution in [-0.2, 0) is 4.79 Å². The Morgan fingerprint density at radius 3 is 2.16 bits per heavy atom.